The minimum absolute atomic E-state index is 0.992. The van der Waals surface area contributed by atoms with Crippen LogP contribution in [0.1, 0.15) is 10.4 Å². The van der Waals surface area contributed by atoms with Gasteiger partial charge in [0.25, 0.3) is 0 Å². The van der Waals surface area contributed by atoms with Gasteiger partial charge in [0.05, 0.1) is 0 Å². The zero-order chi connectivity index (χ0) is 12.2. The second-order valence-corrected chi connectivity index (χ2v) is 5.65. The van der Waals surface area contributed by atoms with Crippen molar-refractivity contribution in [2.45, 2.75) is 13.0 Å². The molecule has 1 aromatic carbocycles. The van der Waals surface area contributed by atoms with E-state index in [0.29, 0.717) is 0 Å². The van der Waals surface area contributed by atoms with Gasteiger partial charge in [-0.15, -0.1) is 11.3 Å². The fourth-order valence-corrected chi connectivity index (χ4v) is 3.16. The van der Waals surface area contributed by atoms with Crippen LogP contribution in [0.15, 0.2) is 41.8 Å². The molecule has 0 aliphatic carbocycles. The molecule has 2 aromatic rings. The zero-order valence-corrected chi connectivity index (χ0v) is 11.2. The van der Waals surface area contributed by atoms with Crippen LogP contribution in [0, 0.1) is 0 Å². The number of hydrogen-bond donors (Lipinski definition) is 1. The SMILES string of the molecule is c1csc(CCN2CCNCc3ccccc32)c1. The molecule has 2 heterocycles. The van der Waals surface area contributed by atoms with Crippen molar-refractivity contribution in [3.05, 3.63) is 52.2 Å². The molecule has 1 aliphatic heterocycles. The van der Waals surface area contributed by atoms with E-state index in [1.807, 2.05) is 11.3 Å². The Morgan fingerprint density at radius 3 is 3.00 bits per heavy atom. The van der Waals surface area contributed by atoms with Crippen LogP contribution in [-0.4, -0.2) is 19.6 Å². The Balaban J connectivity index is 1.75. The Morgan fingerprint density at radius 1 is 1.17 bits per heavy atom. The first-order valence-electron chi connectivity index (χ1n) is 6.49. The maximum atomic E-state index is 3.49. The largest absolute Gasteiger partial charge is 0.370 e. The van der Waals surface area contributed by atoms with Gasteiger partial charge in [0.1, 0.15) is 0 Å². The molecule has 1 aromatic heterocycles. The van der Waals surface area contributed by atoms with Crippen molar-refractivity contribution in [1.82, 2.24) is 5.32 Å². The third-order valence-corrected chi connectivity index (χ3v) is 4.35. The minimum Gasteiger partial charge on any atom is -0.370 e. The second kappa shape index (κ2) is 5.55. The highest BCUT2D eigenvalue weighted by atomic mass is 32.1. The fourth-order valence-electron chi connectivity index (χ4n) is 2.46. The van der Waals surface area contributed by atoms with Gasteiger partial charge in [-0.3, -0.25) is 0 Å². The number of anilines is 1. The Morgan fingerprint density at radius 2 is 2.11 bits per heavy atom. The number of benzene rings is 1. The fraction of sp³-hybridized carbons (Fsp3) is 0.333. The molecule has 0 radical (unpaired) electrons. The molecule has 1 aliphatic rings. The Labute approximate surface area is 112 Å². The van der Waals surface area contributed by atoms with Gasteiger partial charge in [-0.25, -0.2) is 0 Å². The number of hydrogen-bond acceptors (Lipinski definition) is 3. The molecule has 1 N–H and O–H groups in total. The molecule has 0 fully saturated rings. The van der Waals surface area contributed by atoms with Crippen molar-refractivity contribution < 1.29 is 0 Å². The van der Waals surface area contributed by atoms with Crippen LogP contribution in [0.25, 0.3) is 0 Å². The van der Waals surface area contributed by atoms with Gasteiger partial charge in [-0.2, -0.15) is 0 Å². The van der Waals surface area contributed by atoms with Crippen molar-refractivity contribution in [2.24, 2.45) is 0 Å². The Hall–Kier alpha value is -1.32. The Bertz CT molecular complexity index is 493. The maximum absolute atomic E-state index is 3.49. The molecule has 0 saturated heterocycles. The van der Waals surface area contributed by atoms with E-state index < -0.39 is 0 Å². The van der Waals surface area contributed by atoms with Crippen molar-refractivity contribution in [3.63, 3.8) is 0 Å². The van der Waals surface area contributed by atoms with Gasteiger partial charge in [0.15, 0.2) is 0 Å². The molecule has 94 valence electrons. The van der Waals surface area contributed by atoms with Gasteiger partial charge in [-0.05, 0) is 29.5 Å². The molecule has 0 amide bonds. The summed E-state index contributed by atoms with van der Waals surface area (Å²) in [5, 5.41) is 5.65. The molecule has 3 rings (SSSR count). The maximum Gasteiger partial charge on any atom is 0.0412 e. The number of thiophene rings is 1. The highest BCUT2D eigenvalue weighted by Crippen LogP contribution is 2.22. The summed E-state index contributed by atoms with van der Waals surface area (Å²) in [4.78, 5) is 3.99. The molecular weight excluding hydrogens is 240 g/mol. The third kappa shape index (κ3) is 2.57. The normalized spacial score (nSPS) is 15.2. The van der Waals surface area contributed by atoms with E-state index >= 15 is 0 Å². The molecule has 0 atom stereocenters. The van der Waals surface area contributed by atoms with E-state index in [9.17, 15) is 0 Å². The lowest BCUT2D eigenvalue weighted by Gasteiger charge is -2.24. The van der Waals surface area contributed by atoms with Gasteiger partial charge in [-0.1, -0.05) is 24.3 Å². The monoisotopic (exact) mass is 258 g/mol. The summed E-state index contributed by atoms with van der Waals surface area (Å²) in [5.41, 5.74) is 2.82. The van der Waals surface area contributed by atoms with Gasteiger partial charge in [0, 0.05) is 36.7 Å². The van der Waals surface area contributed by atoms with E-state index in [1.165, 1.54) is 16.1 Å². The summed E-state index contributed by atoms with van der Waals surface area (Å²) in [6.45, 7) is 4.27. The molecule has 0 spiro atoms. The smallest absolute Gasteiger partial charge is 0.0412 e. The van der Waals surface area contributed by atoms with Gasteiger partial charge < -0.3 is 10.2 Å². The number of nitrogens with one attached hydrogen (secondary N) is 1. The molecule has 3 heteroatoms. The highest BCUT2D eigenvalue weighted by Gasteiger charge is 2.13. The molecule has 0 saturated carbocycles. The van der Waals surface area contributed by atoms with Crippen LogP contribution < -0.4 is 10.2 Å². The summed E-state index contributed by atoms with van der Waals surface area (Å²) in [5.74, 6) is 0. The first kappa shape index (κ1) is 11.8. The summed E-state index contributed by atoms with van der Waals surface area (Å²) >= 11 is 1.86. The lowest BCUT2D eigenvalue weighted by Crippen LogP contribution is -2.30. The van der Waals surface area contributed by atoms with Crippen LogP contribution in [0.3, 0.4) is 0 Å². The average Bonchev–Trinajstić information content (AvgIpc) is 2.84. The number of rotatable bonds is 3. The quantitative estimate of drug-likeness (QED) is 0.910. The summed E-state index contributed by atoms with van der Waals surface area (Å²) in [6, 6.07) is 13.1. The van der Waals surface area contributed by atoms with E-state index in [0.717, 1.165) is 32.6 Å². The van der Waals surface area contributed by atoms with Crippen molar-refractivity contribution in [2.75, 3.05) is 24.5 Å². The van der Waals surface area contributed by atoms with Crippen LogP contribution in [0.5, 0.6) is 0 Å². The third-order valence-electron chi connectivity index (χ3n) is 3.41. The van der Waals surface area contributed by atoms with Gasteiger partial charge in [0.2, 0.25) is 0 Å². The highest BCUT2D eigenvalue weighted by molar-refractivity contribution is 7.09. The van der Waals surface area contributed by atoms with Crippen molar-refractivity contribution >= 4 is 17.0 Å². The number of para-hydroxylation sites is 1. The van der Waals surface area contributed by atoms with Gasteiger partial charge >= 0.3 is 0 Å². The van der Waals surface area contributed by atoms with Crippen molar-refractivity contribution in [1.29, 1.82) is 0 Å². The van der Waals surface area contributed by atoms with Crippen molar-refractivity contribution in [3.8, 4) is 0 Å². The van der Waals surface area contributed by atoms with Crippen LogP contribution in [0.4, 0.5) is 5.69 Å². The topological polar surface area (TPSA) is 15.3 Å². The second-order valence-electron chi connectivity index (χ2n) is 4.62. The van der Waals surface area contributed by atoms with Crippen LogP contribution >= 0.6 is 11.3 Å². The van der Waals surface area contributed by atoms with E-state index in [2.05, 4.69) is 52.0 Å². The molecule has 18 heavy (non-hydrogen) atoms. The number of nitrogens with zero attached hydrogens (tertiary/aromatic N) is 1. The lowest BCUT2D eigenvalue weighted by molar-refractivity contribution is 0.688. The van der Waals surface area contributed by atoms with Crippen LogP contribution in [-0.2, 0) is 13.0 Å². The summed E-state index contributed by atoms with van der Waals surface area (Å²) in [7, 11) is 0. The summed E-state index contributed by atoms with van der Waals surface area (Å²) in [6.07, 6.45) is 1.14. The molecule has 0 unspecified atom stereocenters. The van der Waals surface area contributed by atoms with E-state index in [4.69, 9.17) is 0 Å². The minimum atomic E-state index is 0.992. The zero-order valence-electron chi connectivity index (χ0n) is 10.4. The molecule has 2 nitrogen and oxygen atoms in total. The molecule has 0 bridgehead atoms. The predicted molar refractivity (Wildman–Crippen MR) is 78.4 cm³/mol. The van der Waals surface area contributed by atoms with E-state index in [1.54, 1.807) is 0 Å². The van der Waals surface area contributed by atoms with Crippen LogP contribution in [0.2, 0.25) is 0 Å². The molecular formula is C15H18N2S. The first-order valence-corrected chi connectivity index (χ1v) is 7.37. The standard InChI is InChI=1S/C15H18N2S/c1-2-6-15-13(4-1)12-16-8-10-17(15)9-7-14-5-3-11-18-14/h1-6,11,16H,7-10,12H2. The average molecular weight is 258 g/mol. The number of fused-ring (bicyclic) bond motifs is 1. The van der Waals surface area contributed by atoms with E-state index in [-0.39, 0.29) is 0 Å². The lowest BCUT2D eigenvalue weighted by atomic mass is 10.1. The first-order chi connectivity index (χ1) is 8.93. The Kier molecular flexibility index (Phi) is 3.62. The predicted octanol–water partition coefficient (Wildman–Crippen LogP) is 2.90. The summed E-state index contributed by atoms with van der Waals surface area (Å²) < 4.78 is 0.